The first-order valence-corrected chi connectivity index (χ1v) is 14.2. The smallest absolute Gasteiger partial charge is 0.306 e. The van der Waals surface area contributed by atoms with Crippen molar-refractivity contribution in [2.45, 2.75) is 41.1 Å². The van der Waals surface area contributed by atoms with Gasteiger partial charge in [-0.3, -0.25) is 4.79 Å². The van der Waals surface area contributed by atoms with Gasteiger partial charge in [0.1, 0.15) is 0 Å². The summed E-state index contributed by atoms with van der Waals surface area (Å²) in [4.78, 5) is 11.8. The summed E-state index contributed by atoms with van der Waals surface area (Å²) in [6.07, 6.45) is 1.36. The maximum atomic E-state index is 13.6. The van der Waals surface area contributed by atoms with Gasteiger partial charge in [-0.15, -0.1) is 0 Å². The number of fused-ring (bicyclic) bond motifs is 4. The number of carboxylic acid groups (broad SMARTS) is 1. The normalized spacial score (nSPS) is 22.5. The third-order valence-corrected chi connectivity index (χ3v) is 10.6. The van der Waals surface area contributed by atoms with Crippen LogP contribution in [0.4, 0.5) is 0 Å². The summed E-state index contributed by atoms with van der Waals surface area (Å²) in [6, 6.07) is 9.73. The van der Waals surface area contributed by atoms with E-state index < -0.39 is 44.0 Å². The van der Waals surface area contributed by atoms with E-state index in [-0.39, 0.29) is 29.1 Å². The number of aliphatic carboxylic acids is 1. The molecule has 2 aliphatic rings. The lowest BCUT2D eigenvalue weighted by atomic mass is 9.79. The van der Waals surface area contributed by atoms with Crippen molar-refractivity contribution in [2.24, 2.45) is 5.92 Å². The van der Waals surface area contributed by atoms with Crippen LogP contribution in [-0.2, 0) is 31.3 Å². The zero-order chi connectivity index (χ0) is 25.1. The molecule has 13 heteroatoms. The molecule has 0 spiro atoms. The van der Waals surface area contributed by atoms with Crippen LogP contribution in [0.25, 0.3) is 0 Å². The molecule has 0 aliphatic carbocycles. The number of hydrogen-bond acceptors (Lipinski definition) is 6. The van der Waals surface area contributed by atoms with Crippen LogP contribution in [-0.4, -0.2) is 47.4 Å². The quantitative estimate of drug-likeness (QED) is 0.509. The third-order valence-electron chi connectivity index (χ3n) is 6.46. The molecular weight excluding hydrogens is 537 g/mol. The van der Waals surface area contributed by atoms with Crippen LogP contribution < -0.4 is 0 Å². The molecule has 3 aromatic rings. The summed E-state index contributed by atoms with van der Waals surface area (Å²) in [5, 5.41) is 14.5. The zero-order valence-electron chi connectivity index (χ0n) is 18.0. The molecule has 35 heavy (non-hydrogen) atoms. The average molecular weight is 556 g/mol. The minimum atomic E-state index is -4.08. The van der Waals surface area contributed by atoms with Gasteiger partial charge in [0.15, 0.2) is 0 Å². The van der Waals surface area contributed by atoms with Crippen LogP contribution in [0.5, 0.6) is 0 Å². The second kappa shape index (κ2) is 8.59. The summed E-state index contributed by atoms with van der Waals surface area (Å²) < 4.78 is 56.1. The molecule has 0 saturated carbocycles. The van der Waals surface area contributed by atoms with Crippen LogP contribution in [0.15, 0.2) is 64.5 Å². The molecule has 9 nitrogen and oxygen atoms in total. The largest absolute Gasteiger partial charge is 0.481 e. The van der Waals surface area contributed by atoms with E-state index in [9.17, 15) is 26.7 Å². The summed E-state index contributed by atoms with van der Waals surface area (Å²) in [6.45, 7) is 0. The Kier molecular flexibility index (Phi) is 5.96. The monoisotopic (exact) mass is 555 g/mol. The molecule has 0 radical (unpaired) electrons. The van der Waals surface area contributed by atoms with Gasteiger partial charge in [-0.1, -0.05) is 23.2 Å². The van der Waals surface area contributed by atoms with Crippen molar-refractivity contribution >= 4 is 49.2 Å². The average Bonchev–Trinajstić information content (AvgIpc) is 3.23. The molecule has 2 aromatic carbocycles. The van der Waals surface area contributed by atoms with Gasteiger partial charge in [0.25, 0.3) is 10.0 Å². The van der Waals surface area contributed by atoms with Crippen LogP contribution in [0.1, 0.15) is 30.1 Å². The van der Waals surface area contributed by atoms with E-state index in [2.05, 4.69) is 5.10 Å². The van der Waals surface area contributed by atoms with E-state index in [0.717, 1.165) is 4.09 Å². The lowest BCUT2D eigenvalue weighted by Gasteiger charge is -2.46. The van der Waals surface area contributed by atoms with Gasteiger partial charge < -0.3 is 5.11 Å². The SMILES string of the molecule is O=C(O)C1CC2Cc3c(cnn3S(=O)(=O)c3ccc(Cl)cc3)C(C1)N2S(=O)(=O)c1ccc(Cl)cc1. The van der Waals surface area contributed by atoms with Crippen molar-refractivity contribution in [1.82, 2.24) is 13.5 Å². The first-order valence-electron chi connectivity index (χ1n) is 10.6. The number of sulfonamides is 1. The first kappa shape index (κ1) is 24.3. The van der Waals surface area contributed by atoms with E-state index in [1.165, 1.54) is 59.0 Å². The predicted octanol–water partition coefficient (Wildman–Crippen LogP) is 3.58. The maximum Gasteiger partial charge on any atom is 0.306 e. The standard InChI is InChI=1S/C22H19Cl2N3O6S2/c23-14-1-5-17(6-2-14)34(30,31)26-16-9-13(22(28)29)10-20(26)19-12-25-27(21(19)11-16)35(32,33)18-7-3-15(24)4-8-18/h1-8,12-13,16,20H,9-11H2,(H,28,29). The molecule has 3 atom stereocenters. The highest BCUT2D eigenvalue weighted by molar-refractivity contribution is 7.90. The number of piperidine rings is 1. The van der Waals surface area contributed by atoms with E-state index in [4.69, 9.17) is 23.2 Å². The summed E-state index contributed by atoms with van der Waals surface area (Å²) in [5.74, 6) is -1.79. The highest BCUT2D eigenvalue weighted by atomic mass is 35.5. The maximum absolute atomic E-state index is 13.6. The highest BCUT2D eigenvalue weighted by Crippen LogP contribution is 2.47. The van der Waals surface area contributed by atoms with Crippen molar-refractivity contribution < 1.29 is 26.7 Å². The van der Waals surface area contributed by atoms with Crippen molar-refractivity contribution in [3.8, 4) is 0 Å². The first-order chi connectivity index (χ1) is 16.5. The van der Waals surface area contributed by atoms with Crippen LogP contribution in [0, 0.1) is 5.92 Å². The summed E-state index contributed by atoms with van der Waals surface area (Å²) in [5.41, 5.74) is 0.726. The predicted molar refractivity (Wildman–Crippen MR) is 127 cm³/mol. The molecule has 1 aromatic heterocycles. The summed E-state index contributed by atoms with van der Waals surface area (Å²) >= 11 is 11.8. The van der Waals surface area contributed by atoms with Crippen LogP contribution in [0.2, 0.25) is 10.0 Å². The fourth-order valence-electron chi connectivity index (χ4n) is 4.87. The molecule has 3 heterocycles. The molecular formula is C22H19Cl2N3O6S2. The fourth-order valence-corrected chi connectivity index (χ4v) is 8.25. The van der Waals surface area contributed by atoms with Crippen molar-refractivity contribution in [2.75, 3.05) is 0 Å². The Bertz CT molecular complexity index is 1520. The topological polar surface area (TPSA) is 127 Å². The molecule has 1 N–H and O–H groups in total. The minimum absolute atomic E-state index is 0.00165. The third kappa shape index (κ3) is 4.05. The fraction of sp³-hybridized carbons (Fsp3) is 0.273. The molecule has 184 valence electrons. The van der Waals surface area contributed by atoms with Crippen LogP contribution in [0.3, 0.4) is 0 Å². The highest BCUT2D eigenvalue weighted by Gasteiger charge is 2.50. The Morgan fingerprint density at radius 3 is 1.97 bits per heavy atom. The number of halogens is 2. The summed E-state index contributed by atoms with van der Waals surface area (Å²) in [7, 11) is -8.11. The molecule has 0 amide bonds. The Morgan fingerprint density at radius 2 is 1.43 bits per heavy atom. The van der Waals surface area contributed by atoms with Gasteiger partial charge in [-0.25, -0.2) is 8.42 Å². The lowest BCUT2D eigenvalue weighted by molar-refractivity contribution is -0.144. The Labute approximate surface area is 212 Å². The van der Waals surface area contributed by atoms with Gasteiger partial charge in [-0.2, -0.15) is 21.9 Å². The molecule has 5 rings (SSSR count). The van der Waals surface area contributed by atoms with Crippen molar-refractivity contribution in [1.29, 1.82) is 0 Å². The van der Waals surface area contributed by atoms with Crippen LogP contribution >= 0.6 is 23.2 Å². The minimum Gasteiger partial charge on any atom is -0.481 e. The van der Waals surface area contributed by atoms with E-state index in [0.29, 0.717) is 21.3 Å². The zero-order valence-corrected chi connectivity index (χ0v) is 21.1. The number of carbonyl (C=O) groups is 1. The second-order valence-electron chi connectivity index (χ2n) is 8.52. The molecule has 2 bridgehead atoms. The van der Waals surface area contributed by atoms with Gasteiger partial charge in [0.2, 0.25) is 10.0 Å². The van der Waals surface area contributed by atoms with Gasteiger partial charge in [0.05, 0.1) is 33.6 Å². The van der Waals surface area contributed by atoms with E-state index in [1.807, 2.05) is 0 Å². The number of aromatic nitrogens is 2. The Balaban J connectivity index is 1.62. The molecule has 3 unspecified atom stereocenters. The number of benzene rings is 2. The van der Waals surface area contributed by atoms with Gasteiger partial charge in [0, 0.05) is 28.1 Å². The lowest BCUT2D eigenvalue weighted by Crippen LogP contribution is -2.53. The van der Waals surface area contributed by atoms with E-state index >= 15 is 0 Å². The number of nitrogens with zero attached hydrogens (tertiary/aromatic N) is 3. The van der Waals surface area contributed by atoms with Crippen molar-refractivity contribution in [3.63, 3.8) is 0 Å². The Hall–Kier alpha value is -2.44. The number of hydrogen-bond donors (Lipinski definition) is 1. The molecule has 1 saturated heterocycles. The second-order valence-corrected chi connectivity index (χ2v) is 13.0. The van der Waals surface area contributed by atoms with E-state index in [1.54, 1.807) is 0 Å². The molecule has 1 fully saturated rings. The van der Waals surface area contributed by atoms with Gasteiger partial charge in [-0.05, 0) is 61.4 Å². The number of carboxylic acids is 1. The van der Waals surface area contributed by atoms with Crippen molar-refractivity contribution in [3.05, 3.63) is 76.0 Å². The molecule has 2 aliphatic heterocycles. The Morgan fingerprint density at radius 1 is 0.886 bits per heavy atom. The number of rotatable bonds is 5. The van der Waals surface area contributed by atoms with Gasteiger partial charge >= 0.3 is 5.97 Å².